The topological polar surface area (TPSA) is 69.6 Å². The Bertz CT molecular complexity index is 561. The molecule has 1 aromatic carbocycles. The summed E-state index contributed by atoms with van der Waals surface area (Å²) < 4.78 is 2.72. The van der Waals surface area contributed by atoms with Crippen molar-refractivity contribution in [3.05, 3.63) is 22.7 Å². The molecule has 2 N–H and O–H groups in total. The van der Waals surface area contributed by atoms with E-state index in [1.165, 1.54) is 0 Å². The van der Waals surface area contributed by atoms with Crippen molar-refractivity contribution in [1.82, 2.24) is 20.2 Å². The van der Waals surface area contributed by atoms with Crippen molar-refractivity contribution in [1.29, 1.82) is 0 Å². The lowest BCUT2D eigenvalue weighted by Gasteiger charge is -2.23. The molecule has 0 amide bonds. The van der Waals surface area contributed by atoms with E-state index >= 15 is 0 Å². The molecule has 18 heavy (non-hydrogen) atoms. The Balaban J connectivity index is 2.52. The first-order valence-corrected chi connectivity index (χ1v) is 6.59. The van der Waals surface area contributed by atoms with E-state index in [1.807, 2.05) is 22.9 Å². The minimum absolute atomic E-state index is 0.124. The summed E-state index contributed by atoms with van der Waals surface area (Å²) in [6.45, 7) is 6.32. The average Bonchev–Trinajstić information content (AvgIpc) is 2.82. The second-order valence-electron chi connectivity index (χ2n) is 4.82. The largest absolute Gasteiger partial charge is 0.398 e. The zero-order valence-electron chi connectivity index (χ0n) is 10.7. The van der Waals surface area contributed by atoms with Gasteiger partial charge in [0.05, 0.1) is 5.54 Å². The van der Waals surface area contributed by atoms with E-state index in [-0.39, 0.29) is 5.54 Å². The molecule has 2 rings (SSSR count). The number of nitrogens with two attached hydrogens (primary N) is 1. The highest BCUT2D eigenvalue weighted by atomic mass is 79.9. The molecular weight excluding hydrogens is 294 g/mol. The van der Waals surface area contributed by atoms with Crippen LogP contribution >= 0.6 is 15.9 Å². The molecule has 96 valence electrons. The van der Waals surface area contributed by atoms with E-state index in [0.717, 1.165) is 22.3 Å². The van der Waals surface area contributed by atoms with Crippen molar-refractivity contribution in [2.45, 2.75) is 32.7 Å². The molecular formula is C12H16BrN5. The van der Waals surface area contributed by atoms with E-state index in [0.29, 0.717) is 5.69 Å². The van der Waals surface area contributed by atoms with Crippen molar-refractivity contribution in [3.63, 3.8) is 0 Å². The fourth-order valence-corrected chi connectivity index (χ4v) is 1.85. The predicted octanol–water partition coefficient (Wildman–Crippen LogP) is 2.83. The Labute approximate surface area is 115 Å². The van der Waals surface area contributed by atoms with Gasteiger partial charge in [-0.05, 0) is 64.8 Å². The van der Waals surface area contributed by atoms with Gasteiger partial charge >= 0.3 is 0 Å². The summed E-state index contributed by atoms with van der Waals surface area (Å²) in [6, 6.07) is 5.73. The summed E-state index contributed by atoms with van der Waals surface area (Å²) in [4.78, 5) is 0. The smallest absolute Gasteiger partial charge is 0.182 e. The summed E-state index contributed by atoms with van der Waals surface area (Å²) in [5.41, 5.74) is 7.37. The summed E-state index contributed by atoms with van der Waals surface area (Å²) in [7, 11) is 0. The van der Waals surface area contributed by atoms with Gasteiger partial charge < -0.3 is 5.73 Å². The summed E-state index contributed by atoms with van der Waals surface area (Å²) in [5, 5.41) is 12.0. The van der Waals surface area contributed by atoms with E-state index < -0.39 is 0 Å². The Hall–Kier alpha value is -1.43. The average molecular weight is 310 g/mol. The highest BCUT2D eigenvalue weighted by Crippen LogP contribution is 2.28. The van der Waals surface area contributed by atoms with E-state index in [1.54, 1.807) is 0 Å². The molecule has 0 aliphatic rings. The highest BCUT2D eigenvalue weighted by Gasteiger charge is 2.24. The summed E-state index contributed by atoms with van der Waals surface area (Å²) in [5.74, 6) is 0.737. The van der Waals surface area contributed by atoms with Gasteiger partial charge in [0.25, 0.3) is 0 Å². The SMILES string of the molecule is CCC(C)(C)n1nnnc1-c1ccc(Br)c(N)c1. The van der Waals surface area contributed by atoms with Gasteiger partial charge in [0.15, 0.2) is 5.82 Å². The Morgan fingerprint density at radius 3 is 2.72 bits per heavy atom. The number of anilines is 1. The van der Waals surface area contributed by atoms with Gasteiger partial charge in [0.1, 0.15) is 0 Å². The van der Waals surface area contributed by atoms with Gasteiger partial charge in [-0.3, -0.25) is 0 Å². The third-order valence-corrected chi connectivity index (χ3v) is 3.88. The monoisotopic (exact) mass is 309 g/mol. The van der Waals surface area contributed by atoms with Crippen LogP contribution in [0.4, 0.5) is 5.69 Å². The number of benzene rings is 1. The van der Waals surface area contributed by atoms with Crippen LogP contribution in [0.5, 0.6) is 0 Å². The van der Waals surface area contributed by atoms with Crippen molar-refractivity contribution < 1.29 is 0 Å². The fraction of sp³-hybridized carbons (Fsp3) is 0.417. The molecule has 0 unspecified atom stereocenters. The maximum Gasteiger partial charge on any atom is 0.182 e. The van der Waals surface area contributed by atoms with Crippen LogP contribution in [-0.2, 0) is 5.54 Å². The Morgan fingerprint density at radius 1 is 1.39 bits per heavy atom. The Morgan fingerprint density at radius 2 is 2.11 bits per heavy atom. The van der Waals surface area contributed by atoms with Crippen LogP contribution in [0.15, 0.2) is 22.7 Å². The number of nitrogen functional groups attached to an aromatic ring is 1. The van der Waals surface area contributed by atoms with Crippen LogP contribution in [0.3, 0.4) is 0 Å². The minimum atomic E-state index is -0.124. The van der Waals surface area contributed by atoms with Gasteiger partial charge in [-0.2, -0.15) is 0 Å². The molecule has 1 heterocycles. The second-order valence-corrected chi connectivity index (χ2v) is 5.67. The van der Waals surface area contributed by atoms with Crippen molar-refractivity contribution in [2.75, 3.05) is 5.73 Å². The van der Waals surface area contributed by atoms with Gasteiger partial charge in [0, 0.05) is 15.7 Å². The molecule has 0 saturated carbocycles. The molecule has 1 aromatic heterocycles. The molecule has 0 atom stereocenters. The Kier molecular flexibility index (Phi) is 3.38. The quantitative estimate of drug-likeness (QED) is 0.885. The fourth-order valence-electron chi connectivity index (χ4n) is 1.61. The highest BCUT2D eigenvalue weighted by molar-refractivity contribution is 9.10. The zero-order chi connectivity index (χ0) is 13.3. The van der Waals surface area contributed by atoms with Gasteiger partial charge in [0.2, 0.25) is 0 Å². The molecule has 0 spiro atoms. The number of nitrogens with zero attached hydrogens (tertiary/aromatic N) is 4. The number of tetrazole rings is 1. The lowest BCUT2D eigenvalue weighted by Crippen LogP contribution is -2.27. The number of hydrogen-bond acceptors (Lipinski definition) is 4. The second kappa shape index (κ2) is 4.68. The summed E-state index contributed by atoms with van der Waals surface area (Å²) >= 11 is 3.38. The van der Waals surface area contributed by atoms with Crippen LogP contribution in [0.1, 0.15) is 27.2 Å². The van der Waals surface area contributed by atoms with Crippen molar-refractivity contribution >= 4 is 21.6 Å². The number of halogens is 1. The third-order valence-electron chi connectivity index (χ3n) is 3.16. The van der Waals surface area contributed by atoms with Gasteiger partial charge in [-0.25, -0.2) is 4.68 Å². The van der Waals surface area contributed by atoms with Crippen molar-refractivity contribution in [3.8, 4) is 11.4 Å². The first kappa shape index (κ1) is 13.0. The molecule has 2 aromatic rings. The maximum absolute atomic E-state index is 5.89. The first-order chi connectivity index (χ1) is 8.45. The molecule has 0 fully saturated rings. The van der Waals surface area contributed by atoms with Gasteiger partial charge in [-0.15, -0.1) is 5.10 Å². The number of hydrogen-bond donors (Lipinski definition) is 1. The third kappa shape index (κ3) is 2.25. The standard InChI is InChI=1S/C12H16BrN5/c1-4-12(2,3)18-11(15-16-17-18)8-5-6-9(13)10(14)7-8/h5-7H,4,14H2,1-3H3. The van der Waals surface area contributed by atoms with E-state index in [9.17, 15) is 0 Å². The number of rotatable bonds is 3. The zero-order valence-corrected chi connectivity index (χ0v) is 12.3. The molecule has 0 saturated heterocycles. The summed E-state index contributed by atoms with van der Waals surface area (Å²) in [6.07, 6.45) is 0.942. The predicted molar refractivity (Wildman–Crippen MR) is 75.0 cm³/mol. The molecule has 5 nitrogen and oxygen atoms in total. The van der Waals surface area contributed by atoms with E-state index in [4.69, 9.17) is 5.73 Å². The number of aromatic nitrogens is 4. The van der Waals surface area contributed by atoms with Gasteiger partial charge in [-0.1, -0.05) is 6.92 Å². The van der Waals surface area contributed by atoms with Crippen molar-refractivity contribution in [2.24, 2.45) is 0 Å². The van der Waals surface area contributed by atoms with Crippen LogP contribution in [0, 0.1) is 0 Å². The lowest BCUT2D eigenvalue weighted by atomic mass is 10.0. The van der Waals surface area contributed by atoms with Crippen LogP contribution < -0.4 is 5.73 Å². The maximum atomic E-state index is 5.89. The first-order valence-electron chi connectivity index (χ1n) is 5.80. The normalized spacial score (nSPS) is 11.8. The molecule has 0 aliphatic heterocycles. The molecule has 0 radical (unpaired) electrons. The molecule has 0 aliphatic carbocycles. The van der Waals surface area contributed by atoms with Crippen LogP contribution in [0.25, 0.3) is 11.4 Å². The minimum Gasteiger partial charge on any atom is -0.398 e. The lowest BCUT2D eigenvalue weighted by molar-refractivity contribution is 0.305. The molecule has 0 bridgehead atoms. The molecule has 6 heteroatoms. The van der Waals surface area contributed by atoms with Crippen LogP contribution in [0.2, 0.25) is 0 Å². The van der Waals surface area contributed by atoms with Crippen LogP contribution in [-0.4, -0.2) is 20.2 Å². The van der Waals surface area contributed by atoms with E-state index in [2.05, 4.69) is 52.2 Å².